The van der Waals surface area contributed by atoms with Crippen molar-refractivity contribution >= 4 is 21.7 Å². The van der Waals surface area contributed by atoms with Gasteiger partial charge in [0.15, 0.2) is 5.76 Å². The summed E-state index contributed by atoms with van der Waals surface area (Å²) < 4.78 is 33.6. The summed E-state index contributed by atoms with van der Waals surface area (Å²) in [7, 11) is -1.90. The van der Waals surface area contributed by atoms with Crippen LogP contribution in [0.15, 0.2) is 46.0 Å². The standard InChI is InChI=1S/C18H22N4O4S/c1-12(2)22-14-11-21(18(23)15-6-5-9-26-15)10-13(14)20(3)17-16(27(22,24)25)7-4-8-19-17/h4-9,12-14H,10-11H2,1-3H3/t13-,14+/m1/s1. The minimum absolute atomic E-state index is 0.197. The Bertz CT molecular complexity index is 958. The number of hydrogen-bond acceptors (Lipinski definition) is 6. The first-order valence-corrected chi connectivity index (χ1v) is 10.3. The zero-order valence-electron chi connectivity index (χ0n) is 15.4. The summed E-state index contributed by atoms with van der Waals surface area (Å²) in [5, 5.41) is 0. The van der Waals surface area contributed by atoms with Crippen molar-refractivity contribution in [3.05, 3.63) is 42.5 Å². The van der Waals surface area contributed by atoms with Gasteiger partial charge in [-0.05, 0) is 38.1 Å². The smallest absolute Gasteiger partial charge is 0.289 e. The lowest BCUT2D eigenvalue weighted by atomic mass is 10.1. The molecule has 2 aliphatic rings. The van der Waals surface area contributed by atoms with Crippen molar-refractivity contribution in [2.24, 2.45) is 0 Å². The van der Waals surface area contributed by atoms with Crippen molar-refractivity contribution in [1.82, 2.24) is 14.2 Å². The fourth-order valence-corrected chi connectivity index (χ4v) is 6.10. The number of hydrogen-bond donors (Lipinski definition) is 0. The Morgan fingerprint density at radius 1 is 1.22 bits per heavy atom. The van der Waals surface area contributed by atoms with Gasteiger partial charge in [-0.15, -0.1) is 0 Å². The zero-order chi connectivity index (χ0) is 19.3. The number of likely N-dealkylation sites (tertiary alicyclic amines) is 1. The minimum Gasteiger partial charge on any atom is -0.459 e. The molecule has 2 aromatic rings. The minimum atomic E-state index is -3.74. The molecule has 0 spiro atoms. The molecule has 0 saturated carbocycles. The van der Waals surface area contributed by atoms with E-state index in [2.05, 4.69) is 4.98 Å². The van der Waals surface area contributed by atoms with Gasteiger partial charge >= 0.3 is 0 Å². The van der Waals surface area contributed by atoms with E-state index in [1.807, 2.05) is 25.8 Å². The van der Waals surface area contributed by atoms with Gasteiger partial charge in [0.05, 0.1) is 18.3 Å². The van der Waals surface area contributed by atoms with Crippen LogP contribution in [0.3, 0.4) is 0 Å². The van der Waals surface area contributed by atoms with E-state index in [-0.39, 0.29) is 34.7 Å². The van der Waals surface area contributed by atoms with Crippen molar-refractivity contribution in [1.29, 1.82) is 0 Å². The second-order valence-electron chi connectivity index (χ2n) is 7.19. The molecule has 1 saturated heterocycles. The van der Waals surface area contributed by atoms with Crippen LogP contribution in [-0.2, 0) is 10.0 Å². The Morgan fingerprint density at radius 2 is 1.96 bits per heavy atom. The highest BCUT2D eigenvalue weighted by molar-refractivity contribution is 7.89. The van der Waals surface area contributed by atoms with Gasteiger partial charge in [-0.3, -0.25) is 4.79 Å². The van der Waals surface area contributed by atoms with Gasteiger partial charge in [0, 0.05) is 32.4 Å². The fraction of sp³-hybridized carbons (Fsp3) is 0.444. The van der Waals surface area contributed by atoms with Crippen LogP contribution in [0.25, 0.3) is 0 Å². The molecule has 0 unspecified atom stereocenters. The number of nitrogens with zero attached hydrogens (tertiary/aromatic N) is 4. The number of carbonyl (C=O) groups is 1. The van der Waals surface area contributed by atoms with E-state index in [0.29, 0.717) is 18.9 Å². The summed E-state index contributed by atoms with van der Waals surface area (Å²) in [4.78, 5) is 20.8. The average molecular weight is 390 g/mol. The molecule has 4 heterocycles. The summed E-state index contributed by atoms with van der Waals surface area (Å²) >= 11 is 0. The number of furan rings is 1. The molecule has 2 aliphatic heterocycles. The third kappa shape index (κ3) is 2.72. The molecule has 1 amide bonds. The third-order valence-electron chi connectivity index (χ3n) is 5.25. The van der Waals surface area contributed by atoms with E-state index < -0.39 is 10.0 Å². The Labute approximate surface area is 158 Å². The zero-order valence-corrected chi connectivity index (χ0v) is 16.3. The van der Waals surface area contributed by atoms with E-state index in [0.717, 1.165) is 0 Å². The Kier molecular flexibility index (Phi) is 4.23. The number of amides is 1. The third-order valence-corrected chi connectivity index (χ3v) is 7.37. The van der Waals surface area contributed by atoms with Crippen molar-refractivity contribution in [3.8, 4) is 0 Å². The van der Waals surface area contributed by atoms with E-state index >= 15 is 0 Å². The summed E-state index contributed by atoms with van der Waals surface area (Å²) in [6.45, 7) is 4.41. The Balaban J connectivity index is 1.79. The average Bonchev–Trinajstić information content (AvgIpc) is 3.29. The lowest BCUT2D eigenvalue weighted by Gasteiger charge is -2.33. The first kappa shape index (κ1) is 18.0. The lowest BCUT2D eigenvalue weighted by molar-refractivity contribution is 0.0750. The molecule has 0 aliphatic carbocycles. The van der Waals surface area contributed by atoms with Crippen LogP contribution >= 0.6 is 0 Å². The van der Waals surface area contributed by atoms with Crippen molar-refractivity contribution in [2.75, 3.05) is 25.0 Å². The van der Waals surface area contributed by atoms with Crippen LogP contribution < -0.4 is 4.90 Å². The molecule has 0 radical (unpaired) electrons. The van der Waals surface area contributed by atoms with Crippen LogP contribution in [0.1, 0.15) is 24.4 Å². The van der Waals surface area contributed by atoms with Crippen LogP contribution in [-0.4, -0.2) is 66.8 Å². The number of rotatable bonds is 2. The maximum absolute atomic E-state index is 13.4. The lowest BCUT2D eigenvalue weighted by Crippen LogP contribution is -2.52. The van der Waals surface area contributed by atoms with Crippen LogP contribution in [0.5, 0.6) is 0 Å². The SMILES string of the molecule is CC(C)N1[C@H]2CN(C(=O)c3ccco3)C[C@H]2N(C)c2ncccc2S1(=O)=O. The Hall–Kier alpha value is -2.39. The number of fused-ring (bicyclic) bond motifs is 2. The van der Waals surface area contributed by atoms with Gasteiger partial charge in [-0.25, -0.2) is 13.4 Å². The topological polar surface area (TPSA) is 87.0 Å². The number of pyridine rings is 1. The largest absolute Gasteiger partial charge is 0.459 e. The van der Waals surface area contributed by atoms with Crippen LogP contribution in [0.4, 0.5) is 5.82 Å². The van der Waals surface area contributed by atoms with Gasteiger partial charge in [0.25, 0.3) is 5.91 Å². The summed E-state index contributed by atoms with van der Waals surface area (Å²) in [5.74, 6) is 0.443. The summed E-state index contributed by atoms with van der Waals surface area (Å²) in [5.41, 5.74) is 0. The van der Waals surface area contributed by atoms with E-state index in [1.165, 1.54) is 10.6 Å². The molecule has 4 rings (SSSR count). The highest BCUT2D eigenvalue weighted by Crippen LogP contribution is 2.37. The molecule has 144 valence electrons. The monoisotopic (exact) mass is 390 g/mol. The van der Waals surface area contributed by atoms with E-state index in [1.54, 1.807) is 35.4 Å². The number of aromatic nitrogens is 1. The Morgan fingerprint density at radius 3 is 2.63 bits per heavy atom. The molecule has 0 N–H and O–H groups in total. The molecular weight excluding hydrogens is 368 g/mol. The first-order valence-electron chi connectivity index (χ1n) is 8.86. The van der Waals surface area contributed by atoms with Crippen LogP contribution in [0, 0.1) is 0 Å². The molecular formula is C18H22N4O4S. The summed E-state index contributed by atoms with van der Waals surface area (Å²) in [6.07, 6.45) is 3.05. The second kappa shape index (κ2) is 6.35. The first-order chi connectivity index (χ1) is 12.8. The van der Waals surface area contributed by atoms with Gasteiger partial charge in [-0.2, -0.15) is 4.31 Å². The molecule has 0 bridgehead atoms. The van der Waals surface area contributed by atoms with Crippen molar-refractivity contribution in [2.45, 2.75) is 36.9 Å². The van der Waals surface area contributed by atoms with Crippen molar-refractivity contribution < 1.29 is 17.6 Å². The van der Waals surface area contributed by atoms with Gasteiger partial charge < -0.3 is 14.2 Å². The maximum atomic E-state index is 13.4. The molecule has 9 heteroatoms. The molecule has 8 nitrogen and oxygen atoms in total. The molecule has 1 fully saturated rings. The number of anilines is 1. The van der Waals surface area contributed by atoms with Crippen LogP contribution in [0.2, 0.25) is 0 Å². The van der Waals surface area contributed by atoms with Gasteiger partial charge in [0.1, 0.15) is 10.7 Å². The van der Waals surface area contributed by atoms with Gasteiger partial charge in [0.2, 0.25) is 10.0 Å². The molecule has 2 atom stereocenters. The highest BCUT2D eigenvalue weighted by atomic mass is 32.2. The predicted molar refractivity (Wildman–Crippen MR) is 99.0 cm³/mol. The molecule has 27 heavy (non-hydrogen) atoms. The number of carbonyl (C=O) groups excluding carboxylic acids is 1. The predicted octanol–water partition coefficient (Wildman–Crippen LogP) is 1.42. The summed E-state index contributed by atoms with van der Waals surface area (Å²) in [6, 6.07) is 5.70. The quantitative estimate of drug-likeness (QED) is 0.771. The number of likely N-dealkylation sites (N-methyl/N-ethyl adjacent to an activating group) is 1. The fourth-order valence-electron chi connectivity index (χ4n) is 4.08. The van der Waals surface area contributed by atoms with Crippen molar-refractivity contribution in [3.63, 3.8) is 0 Å². The van der Waals surface area contributed by atoms with E-state index in [4.69, 9.17) is 4.42 Å². The second-order valence-corrected chi connectivity index (χ2v) is 9.00. The normalized spacial score (nSPS) is 24.6. The van der Waals surface area contributed by atoms with Gasteiger partial charge in [-0.1, -0.05) is 0 Å². The maximum Gasteiger partial charge on any atom is 0.289 e. The number of sulfonamides is 1. The molecule has 0 aromatic carbocycles. The highest BCUT2D eigenvalue weighted by Gasteiger charge is 2.50. The molecule has 2 aromatic heterocycles. The van der Waals surface area contributed by atoms with E-state index in [9.17, 15) is 13.2 Å².